The first kappa shape index (κ1) is 18.5. The van der Waals surface area contributed by atoms with E-state index in [1.807, 2.05) is 6.07 Å². The second kappa shape index (κ2) is 7.94. The van der Waals surface area contributed by atoms with Gasteiger partial charge in [0.15, 0.2) is 11.6 Å². The van der Waals surface area contributed by atoms with Gasteiger partial charge >= 0.3 is 0 Å². The quantitative estimate of drug-likeness (QED) is 0.842. The number of carbonyl (C=O) groups excluding carboxylic acids is 3. The molecule has 1 atom stereocenters. The van der Waals surface area contributed by atoms with Crippen molar-refractivity contribution in [3.63, 3.8) is 0 Å². The molecule has 2 N–H and O–H groups in total. The third-order valence-corrected chi connectivity index (χ3v) is 4.19. The first-order valence-electron chi connectivity index (χ1n) is 8.32. The van der Waals surface area contributed by atoms with E-state index in [-0.39, 0.29) is 31.1 Å². The Morgan fingerprint density at radius 2 is 1.81 bits per heavy atom. The fourth-order valence-corrected chi connectivity index (χ4v) is 2.83. The highest BCUT2D eigenvalue weighted by Gasteiger charge is 2.35. The second-order valence-corrected chi connectivity index (χ2v) is 6.14. The van der Waals surface area contributed by atoms with Crippen LogP contribution >= 0.6 is 0 Å². The van der Waals surface area contributed by atoms with Gasteiger partial charge in [0.05, 0.1) is 12.5 Å². The maximum atomic E-state index is 13.1. The van der Waals surface area contributed by atoms with E-state index in [4.69, 9.17) is 0 Å². The third kappa shape index (κ3) is 4.46. The zero-order valence-corrected chi connectivity index (χ0v) is 14.2. The van der Waals surface area contributed by atoms with Crippen molar-refractivity contribution in [1.82, 2.24) is 5.32 Å². The molecule has 1 heterocycles. The summed E-state index contributed by atoms with van der Waals surface area (Å²) in [7, 11) is 0. The minimum absolute atomic E-state index is 0.0610. The molecule has 0 aliphatic carbocycles. The Hall–Kier alpha value is -3.29. The molecular weight excluding hydrogens is 356 g/mol. The first-order valence-corrected chi connectivity index (χ1v) is 8.32. The summed E-state index contributed by atoms with van der Waals surface area (Å²) in [5.74, 6) is -3.82. The molecular formula is C19H17F2N3O3. The number of rotatable bonds is 5. The molecule has 1 aliphatic heterocycles. The maximum Gasteiger partial charge on any atom is 0.243 e. The van der Waals surface area contributed by atoms with E-state index in [9.17, 15) is 23.2 Å². The van der Waals surface area contributed by atoms with Crippen LogP contribution in [0.4, 0.5) is 20.2 Å². The molecule has 3 amide bonds. The van der Waals surface area contributed by atoms with Crippen molar-refractivity contribution < 1.29 is 23.2 Å². The lowest BCUT2D eigenvalue weighted by Gasteiger charge is -2.16. The Morgan fingerprint density at radius 1 is 1.07 bits per heavy atom. The summed E-state index contributed by atoms with van der Waals surface area (Å²) >= 11 is 0. The Labute approximate surface area is 154 Å². The van der Waals surface area contributed by atoms with Gasteiger partial charge in [-0.3, -0.25) is 14.4 Å². The van der Waals surface area contributed by atoms with Crippen LogP contribution in [0, 0.1) is 17.6 Å². The molecule has 140 valence electrons. The van der Waals surface area contributed by atoms with E-state index in [2.05, 4.69) is 10.6 Å². The van der Waals surface area contributed by atoms with Crippen molar-refractivity contribution in [3.05, 3.63) is 60.2 Å². The maximum absolute atomic E-state index is 13.1. The van der Waals surface area contributed by atoms with Gasteiger partial charge in [-0.05, 0) is 24.3 Å². The molecule has 0 radical (unpaired) electrons. The first-order chi connectivity index (χ1) is 12.9. The third-order valence-electron chi connectivity index (χ3n) is 4.19. The van der Waals surface area contributed by atoms with Gasteiger partial charge in [0, 0.05) is 30.4 Å². The van der Waals surface area contributed by atoms with Crippen LogP contribution in [0.2, 0.25) is 0 Å². The minimum Gasteiger partial charge on any atom is -0.347 e. The molecule has 0 spiro atoms. The molecule has 0 saturated carbocycles. The standard InChI is InChI=1S/C19H17F2N3O3/c20-15-7-6-13(9-16(15)21)23-17(25)10-22-19(27)12-8-18(26)24(11-12)14-4-2-1-3-5-14/h1-7,9,12H,8,10-11H2,(H,22,27)(H,23,25). The molecule has 1 unspecified atom stereocenters. The number of hydrogen-bond donors (Lipinski definition) is 2. The summed E-state index contributed by atoms with van der Waals surface area (Å²) in [6.07, 6.45) is 0.0610. The topological polar surface area (TPSA) is 78.5 Å². The molecule has 2 aromatic carbocycles. The molecule has 6 nitrogen and oxygen atoms in total. The SMILES string of the molecule is O=C(CNC(=O)C1CC(=O)N(c2ccccc2)C1)Nc1ccc(F)c(F)c1. The van der Waals surface area contributed by atoms with Gasteiger partial charge in [-0.1, -0.05) is 18.2 Å². The molecule has 27 heavy (non-hydrogen) atoms. The Morgan fingerprint density at radius 3 is 2.52 bits per heavy atom. The Bertz CT molecular complexity index is 874. The van der Waals surface area contributed by atoms with E-state index < -0.39 is 29.4 Å². The zero-order chi connectivity index (χ0) is 19.4. The van der Waals surface area contributed by atoms with Crippen molar-refractivity contribution in [2.24, 2.45) is 5.92 Å². The molecule has 1 fully saturated rings. The predicted molar refractivity (Wildman–Crippen MR) is 94.9 cm³/mol. The van der Waals surface area contributed by atoms with E-state index in [0.717, 1.165) is 12.1 Å². The van der Waals surface area contributed by atoms with Gasteiger partial charge in [-0.15, -0.1) is 0 Å². The summed E-state index contributed by atoms with van der Waals surface area (Å²) in [6.45, 7) is -0.104. The molecule has 2 aromatic rings. The zero-order valence-electron chi connectivity index (χ0n) is 14.2. The highest BCUT2D eigenvalue weighted by molar-refractivity contribution is 6.01. The van der Waals surface area contributed by atoms with Crippen LogP contribution in [0.5, 0.6) is 0 Å². The van der Waals surface area contributed by atoms with Gasteiger partial charge in [-0.2, -0.15) is 0 Å². The van der Waals surface area contributed by atoms with Crippen molar-refractivity contribution in [1.29, 1.82) is 0 Å². The average Bonchev–Trinajstić information content (AvgIpc) is 3.05. The smallest absolute Gasteiger partial charge is 0.243 e. The monoisotopic (exact) mass is 373 g/mol. The summed E-state index contributed by atoms with van der Waals surface area (Å²) in [6, 6.07) is 12.0. The predicted octanol–water partition coefficient (Wildman–Crippen LogP) is 2.07. The second-order valence-electron chi connectivity index (χ2n) is 6.14. The summed E-state index contributed by atoms with van der Waals surface area (Å²) < 4.78 is 26.0. The molecule has 1 saturated heterocycles. The van der Waals surface area contributed by atoms with Crippen LogP contribution < -0.4 is 15.5 Å². The van der Waals surface area contributed by atoms with Crippen molar-refractivity contribution in [2.75, 3.05) is 23.3 Å². The van der Waals surface area contributed by atoms with Crippen molar-refractivity contribution >= 4 is 29.1 Å². The normalized spacial score (nSPS) is 16.3. The van der Waals surface area contributed by atoms with Crippen LogP contribution in [0.1, 0.15) is 6.42 Å². The van der Waals surface area contributed by atoms with Gasteiger partial charge in [0.2, 0.25) is 17.7 Å². The number of halogens is 2. The van der Waals surface area contributed by atoms with Crippen LogP contribution in [0.3, 0.4) is 0 Å². The van der Waals surface area contributed by atoms with Gasteiger partial charge in [-0.25, -0.2) is 8.78 Å². The Balaban J connectivity index is 1.51. The Kier molecular flexibility index (Phi) is 5.44. The van der Waals surface area contributed by atoms with Gasteiger partial charge < -0.3 is 15.5 Å². The lowest BCUT2D eigenvalue weighted by atomic mass is 10.1. The number of benzene rings is 2. The average molecular weight is 373 g/mol. The molecule has 1 aliphatic rings. The molecule has 0 bridgehead atoms. The largest absolute Gasteiger partial charge is 0.347 e. The highest BCUT2D eigenvalue weighted by atomic mass is 19.2. The number of anilines is 2. The minimum atomic E-state index is -1.08. The van der Waals surface area contributed by atoms with E-state index in [1.54, 1.807) is 24.3 Å². The van der Waals surface area contributed by atoms with E-state index in [0.29, 0.717) is 5.69 Å². The van der Waals surface area contributed by atoms with E-state index >= 15 is 0 Å². The number of nitrogens with zero attached hydrogens (tertiary/aromatic N) is 1. The van der Waals surface area contributed by atoms with Crippen molar-refractivity contribution in [2.45, 2.75) is 6.42 Å². The number of para-hydroxylation sites is 1. The van der Waals surface area contributed by atoms with Crippen LogP contribution in [-0.4, -0.2) is 30.8 Å². The molecule has 3 rings (SSSR count). The van der Waals surface area contributed by atoms with E-state index in [1.165, 1.54) is 11.0 Å². The van der Waals surface area contributed by atoms with Crippen LogP contribution in [0.15, 0.2) is 48.5 Å². The number of carbonyl (C=O) groups is 3. The van der Waals surface area contributed by atoms with Gasteiger partial charge in [0.25, 0.3) is 0 Å². The molecule has 8 heteroatoms. The fraction of sp³-hybridized carbons (Fsp3) is 0.211. The van der Waals surface area contributed by atoms with Crippen LogP contribution in [0.25, 0.3) is 0 Å². The summed E-state index contributed by atoms with van der Waals surface area (Å²) in [5.41, 5.74) is 0.799. The van der Waals surface area contributed by atoms with Crippen LogP contribution in [-0.2, 0) is 14.4 Å². The highest BCUT2D eigenvalue weighted by Crippen LogP contribution is 2.24. The number of nitrogens with one attached hydrogen (secondary N) is 2. The number of hydrogen-bond acceptors (Lipinski definition) is 3. The summed E-state index contributed by atoms with van der Waals surface area (Å²) in [5, 5.41) is 4.83. The van der Waals surface area contributed by atoms with Crippen molar-refractivity contribution in [3.8, 4) is 0 Å². The number of amides is 3. The lowest BCUT2D eigenvalue weighted by Crippen LogP contribution is -2.37. The summed E-state index contributed by atoms with van der Waals surface area (Å²) in [4.78, 5) is 37.8. The fourth-order valence-electron chi connectivity index (χ4n) is 2.83. The van der Waals surface area contributed by atoms with Gasteiger partial charge in [0.1, 0.15) is 0 Å². The molecule has 0 aromatic heterocycles. The lowest BCUT2D eigenvalue weighted by molar-refractivity contribution is -0.127.